The Morgan fingerprint density at radius 3 is 2.44 bits per heavy atom. The van der Waals surface area contributed by atoms with Gasteiger partial charge in [-0.05, 0) is 57.5 Å². The smallest absolute Gasteiger partial charge is 0.414 e. The molecule has 2 rings (SSSR count). The lowest BCUT2D eigenvalue weighted by Crippen LogP contribution is -2.45. The number of alkyl carbamates (subject to hydrolysis) is 1. The van der Waals surface area contributed by atoms with E-state index in [0.29, 0.717) is 5.56 Å². The summed E-state index contributed by atoms with van der Waals surface area (Å²) in [5.74, 6) is -2.74. The lowest BCUT2D eigenvalue weighted by atomic mass is 9.90. The van der Waals surface area contributed by atoms with Crippen LogP contribution in [0.5, 0.6) is 11.5 Å². The zero-order valence-corrected chi connectivity index (χ0v) is 18.2. The molecular weight excluding hydrogens is 419 g/mol. The van der Waals surface area contributed by atoms with Crippen LogP contribution in [0.1, 0.15) is 42.3 Å². The molecule has 0 aromatic heterocycles. The van der Waals surface area contributed by atoms with E-state index in [1.165, 1.54) is 19.2 Å². The van der Waals surface area contributed by atoms with Gasteiger partial charge >= 0.3 is 6.09 Å². The van der Waals surface area contributed by atoms with E-state index >= 15 is 0 Å². The molecule has 0 aliphatic carbocycles. The van der Waals surface area contributed by atoms with Gasteiger partial charge in [0.25, 0.3) is 5.91 Å². The minimum absolute atomic E-state index is 0.00322. The van der Waals surface area contributed by atoms with Gasteiger partial charge in [-0.2, -0.15) is 5.26 Å². The van der Waals surface area contributed by atoms with E-state index in [-0.39, 0.29) is 22.4 Å². The summed E-state index contributed by atoms with van der Waals surface area (Å²) >= 11 is 0. The average Bonchev–Trinajstić information content (AvgIpc) is 2.65. The first kappa shape index (κ1) is 24.1. The summed E-state index contributed by atoms with van der Waals surface area (Å²) in [5.41, 5.74) is -0.907. The number of phenolic OH excluding ortho intramolecular Hbond substituents is 1. The van der Waals surface area contributed by atoms with Crippen molar-refractivity contribution < 1.29 is 28.6 Å². The van der Waals surface area contributed by atoms with Crippen molar-refractivity contribution in [2.45, 2.75) is 33.3 Å². The van der Waals surface area contributed by atoms with Crippen molar-refractivity contribution in [3.63, 3.8) is 0 Å². The molecule has 0 bridgehead atoms. The van der Waals surface area contributed by atoms with Crippen LogP contribution in [0.4, 0.5) is 9.18 Å². The molecule has 2 amide bonds. The third-order valence-electron chi connectivity index (χ3n) is 4.14. The highest BCUT2D eigenvalue weighted by Gasteiger charge is 2.27. The number of nitrogens with one attached hydrogen (secondary N) is 3. The maximum Gasteiger partial charge on any atom is 0.414 e. The Balaban J connectivity index is 2.54. The molecule has 2 aromatic rings. The van der Waals surface area contributed by atoms with Crippen LogP contribution in [0.15, 0.2) is 24.3 Å². The van der Waals surface area contributed by atoms with Crippen LogP contribution in [0, 0.1) is 29.5 Å². The summed E-state index contributed by atoms with van der Waals surface area (Å²) in [6.07, 6.45) is -0.972. The molecule has 32 heavy (non-hydrogen) atoms. The topological polar surface area (TPSA) is 145 Å². The summed E-state index contributed by atoms with van der Waals surface area (Å²) in [4.78, 5) is 24.8. The summed E-state index contributed by atoms with van der Waals surface area (Å²) in [6, 6.07) is 6.68. The monoisotopic (exact) mass is 442 g/mol. The van der Waals surface area contributed by atoms with Crippen LogP contribution in [0.3, 0.4) is 0 Å². The predicted molar refractivity (Wildman–Crippen MR) is 114 cm³/mol. The van der Waals surface area contributed by atoms with E-state index < -0.39 is 40.7 Å². The number of hydrogen-bond donors (Lipinski definition) is 4. The molecular formula is C22H23FN4O5. The van der Waals surface area contributed by atoms with Gasteiger partial charge in [-0.3, -0.25) is 20.8 Å². The highest BCUT2D eigenvalue weighted by atomic mass is 19.1. The summed E-state index contributed by atoms with van der Waals surface area (Å²) in [6.45, 7) is 6.42. The maximum atomic E-state index is 14.0. The van der Waals surface area contributed by atoms with E-state index in [2.05, 4.69) is 5.32 Å². The number of nitriles is 1. The zero-order valence-electron chi connectivity index (χ0n) is 18.2. The Morgan fingerprint density at radius 2 is 1.88 bits per heavy atom. The Kier molecular flexibility index (Phi) is 7.05. The number of phenols is 1. The Morgan fingerprint density at radius 1 is 1.22 bits per heavy atom. The molecule has 0 saturated carbocycles. The van der Waals surface area contributed by atoms with E-state index in [1.807, 2.05) is 11.4 Å². The number of aryl methyl sites for hydroxylation is 1. The molecule has 0 aliphatic heterocycles. The number of aromatic hydroxyl groups is 1. The fraction of sp³-hybridized carbons (Fsp3) is 0.273. The van der Waals surface area contributed by atoms with Crippen molar-refractivity contribution in [1.29, 1.82) is 10.7 Å². The molecule has 4 N–H and O–H groups in total. The van der Waals surface area contributed by atoms with Gasteiger partial charge in [0.2, 0.25) is 5.96 Å². The van der Waals surface area contributed by atoms with Crippen LogP contribution in [0.25, 0.3) is 11.1 Å². The summed E-state index contributed by atoms with van der Waals surface area (Å²) < 4.78 is 24.3. The molecule has 168 valence electrons. The first-order valence-electron chi connectivity index (χ1n) is 9.38. The Labute approximate surface area is 184 Å². The standard InChI is InChI=1S/C22H23FN4O5/c1-11-8-15(28)18(19(29)26-20(25)27-21(30)32-22(2,3)4)17(14(11)10-24)13-9-12(23)6-7-16(13)31-5/h6-9,28H,1-5H3,(H3,25,26,27,29,30). The summed E-state index contributed by atoms with van der Waals surface area (Å²) in [5, 5.41) is 32.2. The van der Waals surface area contributed by atoms with E-state index in [0.717, 1.165) is 12.1 Å². The van der Waals surface area contributed by atoms with Gasteiger partial charge in [0.15, 0.2) is 0 Å². The number of methoxy groups -OCH3 is 1. The van der Waals surface area contributed by atoms with Gasteiger partial charge in [-0.1, -0.05) is 0 Å². The van der Waals surface area contributed by atoms with Crippen LogP contribution in [0.2, 0.25) is 0 Å². The number of benzene rings is 2. The molecule has 9 nitrogen and oxygen atoms in total. The molecule has 0 aliphatic rings. The molecule has 0 spiro atoms. The number of amides is 2. The second kappa shape index (κ2) is 9.34. The first-order chi connectivity index (χ1) is 14.9. The molecule has 0 atom stereocenters. The van der Waals surface area contributed by atoms with Gasteiger partial charge < -0.3 is 14.6 Å². The van der Waals surface area contributed by atoms with E-state index in [1.54, 1.807) is 27.7 Å². The Bertz CT molecular complexity index is 1130. The van der Waals surface area contributed by atoms with Gasteiger partial charge in [-0.15, -0.1) is 0 Å². The van der Waals surface area contributed by atoms with Gasteiger partial charge in [0.1, 0.15) is 29.0 Å². The predicted octanol–water partition coefficient (Wildman–Crippen LogP) is 3.58. The van der Waals surface area contributed by atoms with Gasteiger partial charge in [-0.25, -0.2) is 9.18 Å². The van der Waals surface area contributed by atoms with Crippen molar-refractivity contribution >= 4 is 18.0 Å². The van der Waals surface area contributed by atoms with Crippen LogP contribution in [-0.2, 0) is 4.74 Å². The van der Waals surface area contributed by atoms with Crippen LogP contribution in [-0.4, -0.2) is 35.8 Å². The highest BCUT2D eigenvalue weighted by Crippen LogP contribution is 2.40. The highest BCUT2D eigenvalue weighted by molar-refractivity contribution is 6.13. The van der Waals surface area contributed by atoms with Crippen LogP contribution < -0.4 is 15.4 Å². The third kappa shape index (κ3) is 5.51. The zero-order chi connectivity index (χ0) is 24.2. The molecule has 0 radical (unpaired) electrons. The lowest BCUT2D eigenvalue weighted by molar-refractivity contribution is 0.0561. The first-order valence-corrected chi connectivity index (χ1v) is 9.38. The van der Waals surface area contributed by atoms with Crippen molar-refractivity contribution in [1.82, 2.24) is 10.6 Å². The lowest BCUT2D eigenvalue weighted by Gasteiger charge is -2.20. The van der Waals surface area contributed by atoms with Crippen molar-refractivity contribution in [2.24, 2.45) is 0 Å². The fourth-order valence-corrected chi connectivity index (χ4v) is 2.93. The quantitative estimate of drug-likeness (QED) is 0.422. The fourth-order valence-electron chi connectivity index (χ4n) is 2.93. The average molecular weight is 442 g/mol. The van der Waals surface area contributed by atoms with Crippen molar-refractivity contribution in [2.75, 3.05) is 7.11 Å². The molecule has 0 saturated heterocycles. The third-order valence-corrected chi connectivity index (χ3v) is 4.14. The van der Waals surface area contributed by atoms with Crippen molar-refractivity contribution in [3.05, 3.63) is 46.8 Å². The van der Waals surface area contributed by atoms with Gasteiger partial charge in [0, 0.05) is 11.1 Å². The largest absolute Gasteiger partial charge is 0.507 e. The van der Waals surface area contributed by atoms with Crippen molar-refractivity contribution in [3.8, 4) is 28.7 Å². The number of rotatable bonds is 3. The normalized spacial score (nSPS) is 10.7. The number of halogens is 1. The van der Waals surface area contributed by atoms with Gasteiger partial charge in [0.05, 0.1) is 18.2 Å². The number of ether oxygens (including phenoxy) is 2. The number of hydrogen-bond acceptors (Lipinski definition) is 7. The minimum Gasteiger partial charge on any atom is -0.507 e. The summed E-state index contributed by atoms with van der Waals surface area (Å²) in [7, 11) is 1.33. The number of carbonyl (C=O) groups is 2. The SMILES string of the molecule is COc1ccc(F)cc1-c1c(C#N)c(C)cc(O)c1C(=O)NC(=N)NC(=O)OC(C)(C)C. The molecule has 0 heterocycles. The molecule has 10 heteroatoms. The molecule has 0 unspecified atom stereocenters. The minimum atomic E-state index is -1.01. The van der Waals surface area contributed by atoms with Crippen LogP contribution >= 0.6 is 0 Å². The number of nitrogens with zero attached hydrogens (tertiary/aromatic N) is 1. The van der Waals surface area contributed by atoms with E-state index in [4.69, 9.17) is 14.9 Å². The number of guanidine groups is 1. The molecule has 2 aromatic carbocycles. The molecule has 0 fully saturated rings. The second-order valence-electron chi connectivity index (χ2n) is 7.75. The second-order valence-corrected chi connectivity index (χ2v) is 7.75. The number of carbonyl (C=O) groups excluding carboxylic acids is 2. The Hall–Kier alpha value is -4.13. The van der Waals surface area contributed by atoms with E-state index in [9.17, 15) is 24.3 Å². The maximum absolute atomic E-state index is 14.0.